The second-order valence-electron chi connectivity index (χ2n) is 5.13. The van der Waals surface area contributed by atoms with Gasteiger partial charge in [-0.3, -0.25) is 4.99 Å². The van der Waals surface area contributed by atoms with Crippen LogP contribution in [-0.4, -0.2) is 46.0 Å². The maximum Gasteiger partial charge on any atom is 0.191 e. The molecular weight excluding hydrogens is 433 g/mol. The third kappa shape index (κ3) is 8.62. The molecular formula is C18H32IN3O3. The lowest BCUT2D eigenvalue weighted by Crippen LogP contribution is -2.40. The summed E-state index contributed by atoms with van der Waals surface area (Å²) in [4.78, 5) is 4.24. The number of ether oxygens (including phenoxy) is 3. The molecule has 7 heteroatoms. The maximum absolute atomic E-state index is 5.69. The molecule has 1 unspecified atom stereocenters. The van der Waals surface area contributed by atoms with Crippen LogP contribution in [0.5, 0.6) is 11.5 Å². The van der Waals surface area contributed by atoms with E-state index < -0.39 is 0 Å². The van der Waals surface area contributed by atoms with Gasteiger partial charge in [-0.25, -0.2) is 0 Å². The van der Waals surface area contributed by atoms with Gasteiger partial charge in [-0.2, -0.15) is 0 Å². The van der Waals surface area contributed by atoms with E-state index in [0.29, 0.717) is 26.4 Å². The van der Waals surface area contributed by atoms with E-state index in [1.807, 2.05) is 39.0 Å². The lowest BCUT2D eigenvalue weighted by molar-refractivity contribution is 0.152. The SMILES string of the molecule is CCOCCNC(=NC)NC(C)c1ccc(OCC)c(OCC)c1.I. The number of halogens is 1. The van der Waals surface area contributed by atoms with Crippen LogP contribution in [0, 0.1) is 0 Å². The number of rotatable bonds is 10. The molecule has 1 atom stereocenters. The lowest BCUT2D eigenvalue weighted by Gasteiger charge is -2.20. The largest absolute Gasteiger partial charge is 0.490 e. The van der Waals surface area contributed by atoms with Crippen molar-refractivity contribution < 1.29 is 14.2 Å². The lowest BCUT2D eigenvalue weighted by atomic mass is 10.1. The molecule has 25 heavy (non-hydrogen) atoms. The summed E-state index contributed by atoms with van der Waals surface area (Å²) < 4.78 is 16.6. The quantitative estimate of drug-likeness (QED) is 0.240. The van der Waals surface area contributed by atoms with Crippen LogP contribution in [0.25, 0.3) is 0 Å². The zero-order chi connectivity index (χ0) is 17.8. The highest BCUT2D eigenvalue weighted by Gasteiger charge is 2.12. The first kappa shape index (κ1) is 23.8. The van der Waals surface area contributed by atoms with Gasteiger partial charge in [0, 0.05) is 20.2 Å². The molecule has 1 aromatic rings. The number of hydrogen-bond acceptors (Lipinski definition) is 4. The highest BCUT2D eigenvalue weighted by atomic mass is 127. The molecule has 0 heterocycles. The molecule has 0 amide bonds. The number of guanidine groups is 1. The van der Waals surface area contributed by atoms with Crippen LogP contribution in [0.15, 0.2) is 23.2 Å². The summed E-state index contributed by atoms with van der Waals surface area (Å²) in [6.45, 7) is 11.3. The topological polar surface area (TPSA) is 64.1 Å². The number of hydrogen-bond donors (Lipinski definition) is 2. The van der Waals surface area contributed by atoms with E-state index in [1.165, 1.54) is 0 Å². The van der Waals surface area contributed by atoms with Crippen LogP contribution < -0.4 is 20.1 Å². The van der Waals surface area contributed by atoms with Gasteiger partial charge in [0.05, 0.1) is 25.9 Å². The molecule has 0 radical (unpaired) electrons. The maximum atomic E-state index is 5.69. The molecule has 144 valence electrons. The van der Waals surface area contributed by atoms with Gasteiger partial charge in [-0.05, 0) is 45.4 Å². The van der Waals surface area contributed by atoms with E-state index in [9.17, 15) is 0 Å². The normalized spacial score (nSPS) is 12.1. The fraction of sp³-hybridized carbons (Fsp3) is 0.611. The van der Waals surface area contributed by atoms with Crippen LogP contribution in [-0.2, 0) is 4.74 Å². The van der Waals surface area contributed by atoms with E-state index in [0.717, 1.165) is 29.6 Å². The monoisotopic (exact) mass is 465 g/mol. The summed E-state index contributed by atoms with van der Waals surface area (Å²) in [5.74, 6) is 2.29. The van der Waals surface area contributed by atoms with Crippen LogP contribution in [0.2, 0.25) is 0 Å². The zero-order valence-electron chi connectivity index (χ0n) is 15.9. The van der Waals surface area contributed by atoms with Crippen molar-refractivity contribution in [3.05, 3.63) is 23.8 Å². The molecule has 1 rings (SSSR count). The van der Waals surface area contributed by atoms with Crippen LogP contribution in [0.4, 0.5) is 0 Å². The minimum Gasteiger partial charge on any atom is -0.490 e. The number of aliphatic imine (C=N–C) groups is 1. The van der Waals surface area contributed by atoms with E-state index in [1.54, 1.807) is 7.05 Å². The van der Waals surface area contributed by atoms with E-state index in [-0.39, 0.29) is 30.0 Å². The highest BCUT2D eigenvalue weighted by molar-refractivity contribution is 14.0. The van der Waals surface area contributed by atoms with Crippen molar-refractivity contribution in [3.63, 3.8) is 0 Å². The van der Waals surface area contributed by atoms with Gasteiger partial charge in [0.2, 0.25) is 0 Å². The Balaban J connectivity index is 0.00000576. The molecule has 0 aliphatic rings. The van der Waals surface area contributed by atoms with E-state index in [4.69, 9.17) is 14.2 Å². The summed E-state index contributed by atoms with van der Waals surface area (Å²) in [6.07, 6.45) is 0. The second kappa shape index (κ2) is 14.0. The summed E-state index contributed by atoms with van der Waals surface area (Å²) in [5, 5.41) is 6.60. The van der Waals surface area contributed by atoms with Crippen molar-refractivity contribution in [2.75, 3.05) is 40.0 Å². The van der Waals surface area contributed by atoms with Crippen molar-refractivity contribution in [1.29, 1.82) is 0 Å². The van der Waals surface area contributed by atoms with Crippen LogP contribution in [0.3, 0.4) is 0 Å². The number of nitrogens with one attached hydrogen (secondary N) is 2. The Bertz CT molecular complexity index is 512. The first-order valence-electron chi connectivity index (χ1n) is 8.60. The third-order valence-electron chi connectivity index (χ3n) is 3.39. The average Bonchev–Trinajstić information content (AvgIpc) is 2.59. The number of nitrogens with zero attached hydrogens (tertiary/aromatic N) is 1. The fourth-order valence-electron chi connectivity index (χ4n) is 2.21. The smallest absolute Gasteiger partial charge is 0.191 e. The summed E-state index contributed by atoms with van der Waals surface area (Å²) >= 11 is 0. The highest BCUT2D eigenvalue weighted by Crippen LogP contribution is 2.30. The first-order chi connectivity index (χ1) is 11.7. The van der Waals surface area contributed by atoms with Gasteiger partial charge < -0.3 is 24.8 Å². The predicted molar refractivity (Wildman–Crippen MR) is 114 cm³/mol. The average molecular weight is 465 g/mol. The summed E-state index contributed by atoms with van der Waals surface area (Å²) in [6, 6.07) is 6.09. The Labute approximate surface area is 168 Å². The fourth-order valence-corrected chi connectivity index (χ4v) is 2.21. The summed E-state index contributed by atoms with van der Waals surface area (Å²) in [5.41, 5.74) is 1.11. The Morgan fingerprint density at radius 2 is 1.76 bits per heavy atom. The van der Waals surface area contributed by atoms with E-state index >= 15 is 0 Å². The molecule has 0 saturated carbocycles. The minimum absolute atomic E-state index is 0. The molecule has 0 aliphatic heterocycles. The molecule has 0 spiro atoms. The van der Waals surface area contributed by atoms with Crippen molar-refractivity contribution in [2.45, 2.75) is 33.7 Å². The zero-order valence-corrected chi connectivity index (χ0v) is 18.3. The Kier molecular flexibility index (Phi) is 13.3. The van der Waals surface area contributed by atoms with E-state index in [2.05, 4.69) is 22.5 Å². The van der Waals surface area contributed by atoms with Gasteiger partial charge in [-0.15, -0.1) is 24.0 Å². The Morgan fingerprint density at radius 1 is 1.08 bits per heavy atom. The minimum atomic E-state index is 0. The predicted octanol–water partition coefficient (Wildman–Crippen LogP) is 3.36. The van der Waals surface area contributed by atoms with Gasteiger partial charge >= 0.3 is 0 Å². The molecule has 1 aromatic carbocycles. The molecule has 0 aromatic heterocycles. The Hall–Kier alpha value is -1.22. The molecule has 6 nitrogen and oxygen atoms in total. The summed E-state index contributed by atoms with van der Waals surface area (Å²) in [7, 11) is 1.76. The van der Waals surface area contributed by atoms with Crippen molar-refractivity contribution in [2.24, 2.45) is 4.99 Å². The van der Waals surface area contributed by atoms with Crippen molar-refractivity contribution in [1.82, 2.24) is 10.6 Å². The number of benzene rings is 1. The molecule has 2 N–H and O–H groups in total. The van der Waals surface area contributed by atoms with Crippen LogP contribution >= 0.6 is 24.0 Å². The van der Waals surface area contributed by atoms with Gasteiger partial charge in [0.1, 0.15) is 0 Å². The molecule has 0 saturated heterocycles. The van der Waals surface area contributed by atoms with Gasteiger partial charge in [0.15, 0.2) is 17.5 Å². The van der Waals surface area contributed by atoms with Gasteiger partial charge in [-0.1, -0.05) is 6.07 Å². The van der Waals surface area contributed by atoms with Crippen molar-refractivity contribution in [3.8, 4) is 11.5 Å². The second-order valence-corrected chi connectivity index (χ2v) is 5.13. The third-order valence-corrected chi connectivity index (χ3v) is 3.39. The molecule has 0 bridgehead atoms. The van der Waals surface area contributed by atoms with Gasteiger partial charge in [0.25, 0.3) is 0 Å². The Morgan fingerprint density at radius 3 is 2.36 bits per heavy atom. The molecule has 0 aliphatic carbocycles. The first-order valence-corrected chi connectivity index (χ1v) is 8.60. The molecule has 0 fully saturated rings. The van der Waals surface area contributed by atoms with Crippen LogP contribution in [0.1, 0.15) is 39.3 Å². The van der Waals surface area contributed by atoms with Crippen molar-refractivity contribution >= 4 is 29.9 Å². The standard InChI is InChI=1S/C18H31N3O3.HI/c1-6-22-12-11-20-18(19-5)21-14(4)15-9-10-16(23-7-2)17(13-15)24-8-3;/h9-10,13-14H,6-8,11-12H2,1-5H3,(H2,19,20,21);1H.